The number of ether oxygens (including phenoxy) is 1. The molecule has 0 aliphatic carbocycles. The molecule has 0 rings (SSSR count). The molecule has 0 aromatic carbocycles. The summed E-state index contributed by atoms with van der Waals surface area (Å²) in [7, 11) is 1.52. The van der Waals surface area contributed by atoms with Crippen LogP contribution in [0.25, 0.3) is 0 Å². The molecule has 0 saturated carbocycles. The molecule has 0 heterocycles. The highest BCUT2D eigenvalue weighted by molar-refractivity contribution is 7.80. The molecular formula is C11H22N2O2S. The minimum atomic E-state index is -0.832. The number of methoxy groups -OCH3 is 1. The molecule has 0 bridgehead atoms. The van der Waals surface area contributed by atoms with Gasteiger partial charge in [-0.3, -0.25) is 4.79 Å². The Morgan fingerprint density at radius 3 is 2.12 bits per heavy atom. The fraction of sp³-hybridized carbons (Fsp3) is 0.818. The number of hydrogen-bond donors (Lipinski definition) is 2. The molecule has 5 heteroatoms. The molecule has 0 saturated heterocycles. The molecule has 0 fully saturated rings. The van der Waals surface area contributed by atoms with Crippen LogP contribution in [-0.2, 0) is 9.53 Å². The van der Waals surface area contributed by atoms with E-state index in [0.717, 1.165) is 0 Å². The molecule has 0 spiro atoms. The first-order chi connectivity index (χ1) is 7.25. The van der Waals surface area contributed by atoms with Crippen molar-refractivity contribution in [1.82, 2.24) is 5.32 Å². The largest absolute Gasteiger partial charge is 0.391 e. The van der Waals surface area contributed by atoms with Gasteiger partial charge in [0.2, 0.25) is 0 Å². The van der Waals surface area contributed by atoms with Gasteiger partial charge in [0.15, 0.2) is 0 Å². The van der Waals surface area contributed by atoms with Crippen molar-refractivity contribution in [2.24, 2.45) is 5.73 Å². The Balaban J connectivity index is 4.85. The van der Waals surface area contributed by atoms with Crippen LogP contribution in [0.5, 0.6) is 0 Å². The zero-order valence-electron chi connectivity index (χ0n) is 10.7. The topological polar surface area (TPSA) is 64.3 Å². The molecule has 0 aliphatic heterocycles. The molecular weight excluding hydrogens is 224 g/mol. The second kappa shape index (κ2) is 5.59. The van der Waals surface area contributed by atoms with Crippen molar-refractivity contribution >= 4 is 23.1 Å². The minimum absolute atomic E-state index is 0.186. The van der Waals surface area contributed by atoms with Gasteiger partial charge < -0.3 is 15.8 Å². The number of nitrogens with one attached hydrogen (secondary N) is 1. The summed E-state index contributed by atoms with van der Waals surface area (Å²) in [4.78, 5) is 12.3. The van der Waals surface area contributed by atoms with E-state index in [1.54, 1.807) is 6.92 Å². The molecule has 0 aromatic rings. The van der Waals surface area contributed by atoms with Gasteiger partial charge in [-0.05, 0) is 26.7 Å². The van der Waals surface area contributed by atoms with E-state index < -0.39 is 11.1 Å². The Morgan fingerprint density at radius 2 is 1.88 bits per heavy atom. The summed E-state index contributed by atoms with van der Waals surface area (Å²) in [6.07, 6.45) is 1.24. The number of rotatable bonds is 6. The standard InChI is InChI=1S/C11H22N2O2S/c1-6-10(3,8(12)16)13-9(14)11(4,7-2)15-5/h6-7H2,1-5H3,(H2,12,16)(H,13,14). The van der Waals surface area contributed by atoms with Gasteiger partial charge in [0.1, 0.15) is 5.60 Å². The number of amides is 1. The van der Waals surface area contributed by atoms with E-state index in [1.807, 2.05) is 20.8 Å². The van der Waals surface area contributed by atoms with E-state index in [9.17, 15) is 4.79 Å². The van der Waals surface area contributed by atoms with Crippen LogP contribution in [0, 0.1) is 0 Å². The van der Waals surface area contributed by atoms with Gasteiger partial charge in [0.25, 0.3) is 5.91 Å². The molecule has 94 valence electrons. The minimum Gasteiger partial charge on any atom is -0.391 e. The maximum Gasteiger partial charge on any atom is 0.252 e. The molecule has 2 atom stereocenters. The van der Waals surface area contributed by atoms with Crippen molar-refractivity contribution < 1.29 is 9.53 Å². The van der Waals surface area contributed by atoms with Gasteiger partial charge in [-0.15, -0.1) is 0 Å². The van der Waals surface area contributed by atoms with E-state index in [-0.39, 0.29) is 10.9 Å². The van der Waals surface area contributed by atoms with Gasteiger partial charge in [-0.25, -0.2) is 0 Å². The highest BCUT2D eigenvalue weighted by atomic mass is 32.1. The summed E-state index contributed by atoms with van der Waals surface area (Å²) < 4.78 is 5.22. The first-order valence-electron chi connectivity index (χ1n) is 5.43. The molecule has 3 N–H and O–H groups in total. The normalized spacial score (nSPS) is 18.3. The van der Waals surface area contributed by atoms with Crippen molar-refractivity contribution in [3.63, 3.8) is 0 Å². The van der Waals surface area contributed by atoms with Gasteiger partial charge in [0.05, 0.1) is 10.5 Å². The Morgan fingerprint density at radius 1 is 1.38 bits per heavy atom. The summed E-state index contributed by atoms with van der Waals surface area (Å²) in [5, 5.41) is 2.85. The number of hydrogen-bond acceptors (Lipinski definition) is 3. The average Bonchev–Trinajstić information content (AvgIpc) is 2.27. The Kier molecular flexibility index (Phi) is 5.35. The van der Waals surface area contributed by atoms with Crippen LogP contribution in [-0.4, -0.2) is 29.1 Å². The maximum absolute atomic E-state index is 12.1. The van der Waals surface area contributed by atoms with Crippen molar-refractivity contribution in [2.45, 2.75) is 51.7 Å². The van der Waals surface area contributed by atoms with Crippen LogP contribution >= 0.6 is 12.2 Å². The fourth-order valence-electron chi connectivity index (χ4n) is 1.10. The summed E-state index contributed by atoms with van der Waals surface area (Å²) in [5.41, 5.74) is 4.15. The lowest BCUT2D eigenvalue weighted by atomic mass is 9.95. The van der Waals surface area contributed by atoms with Crippen molar-refractivity contribution in [3.8, 4) is 0 Å². The zero-order chi connectivity index (χ0) is 13.0. The quantitative estimate of drug-likeness (QED) is 0.695. The lowest BCUT2D eigenvalue weighted by Gasteiger charge is -2.33. The van der Waals surface area contributed by atoms with Crippen molar-refractivity contribution in [2.75, 3.05) is 7.11 Å². The summed E-state index contributed by atoms with van der Waals surface area (Å²) in [6, 6.07) is 0. The molecule has 0 aliphatic rings. The van der Waals surface area contributed by atoms with Crippen LogP contribution in [0.15, 0.2) is 0 Å². The summed E-state index contributed by atoms with van der Waals surface area (Å²) in [6.45, 7) is 7.39. The highest BCUT2D eigenvalue weighted by Crippen LogP contribution is 2.17. The second-order valence-electron chi connectivity index (χ2n) is 4.29. The monoisotopic (exact) mass is 246 g/mol. The lowest BCUT2D eigenvalue weighted by molar-refractivity contribution is -0.143. The average molecular weight is 246 g/mol. The van der Waals surface area contributed by atoms with Crippen LogP contribution in [0.1, 0.15) is 40.5 Å². The van der Waals surface area contributed by atoms with E-state index in [1.165, 1.54) is 7.11 Å². The number of nitrogens with two attached hydrogens (primary N) is 1. The Bertz CT molecular complexity index is 277. The first kappa shape index (κ1) is 15.3. The maximum atomic E-state index is 12.1. The third-order valence-electron chi connectivity index (χ3n) is 3.25. The first-order valence-corrected chi connectivity index (χ1v) is 5.84. The molecule has 1 amide bonds. The van der Waals surface area contributed by atoms with Crippen LogP contribution in [0.3, 0.4) is 0 Å². The number of carbonyl (C=O) groups excluding carboxylic acids is 1. The number of thiocarbonyl (C=S) groups is 1. The molecule has 0 aromatic heterocycles. The second-order valence-corrected chi connectivity index (χ2v) is 4.73. The third kappa shape index (κ3) is 3.15. The SMILES string of the molecule is CCC(C)(NC(=O)C(C)(CC)OC)C(N)=S. The highest BCUT2D eigenvalue weighted by Gasteiger charge is 2.36. The third-order valence-corrected chi connectivity index (χ3v) is 3.70. The van der Waals surface area contributed by atoms with Crippen LogP contribution < -0.4 is 11.1 Å². The Labute approximate surface area is 103 Å². The molecule has 2 unspecified atom stereocenters. The van der Waals surface area contributed by atoms with Gasteiger partial charge in [-0.1, -0.05) is 26.1 Å². The van der Waals surface area contributed by atoms with E-state index in [0.29, 0.717) is 12.8 Å². The van der Waals surface area contributed by atoms with Gasteiger partial charge in [-0.2, -0.15) is 0 Å². The van der Waals surface area contributed by atoms with Crippen LogP contribution in [0.4, 0.5) is 0 Å². The van der Waals surface area contributed by atoms with E-state index >= 15 is 0 Å². The molecule has 0 radical (unpaired) electrons. The molecule has 4 nitrogen and oxygen atoms in total. The van der Waals surface area contributed by atoms with E-state index in [2.05, 4.69) is 5.32 Å². The zero-order valence-corrected chi connectivity index (χ0v) is 11.5. The Hall–Kier alpha value is -0.680. The van der Waals surface area contributed by atoms with Crippen LogP contribution in [0.2, 0.25) is 0 Å². The fourth-order valence-corrected chi connectivity index (χ4v) is 1.30. The van der Waals surface area contributed by atoms with Crippen molar-refractivity contribution in [3.05, 3.63) is 0 Å². The van der Waals surface area contributed by atoms with Gasteiger partial charge >= 0.3 is 0 Å². The van der Waals surface area contributed by atoms with Gasteiger partial charge in [0, 0.05) is 7.11 Å². The summed E-state index contributed by atoms with van der Waals surface area (Å²) >= 11 is 4.97. The summed E-state index contributed by atoms with van der Waals surface area (Å²) in [5.74, 6) is -0.186. The lowest BCUT2D eigenvalue weighted by Crippen LogP contribution is -2.59. The van der Waals surface area contributed by atoms with E-state index in [4.69, 9.17) is 22.7 Å². The predicted molar refractivity (Wildman–Crippen MR) is 69.3 cm³/mol. The van der Waals surface area contributed by atoms with Crippen molar-refractivity contribution in [1.29, 1.82) is 0 Å². The molecule has 16 heavy (non-hydrogen) atoms. The number of carbonyl (C=O) groups is 1. The predicted octanol–water partition coefficient (Wildman–Crippen LogP) is 1.37. The smallest absolute Gasteiger partial charge is 0.252 e.